The van der Waals surface area contributed by atoms with Gasteiger partial charge in [0, 0.05) is 34.7 Å². The summed E-state index contributed by atoms with van der Waals surface area (Å²) in [6, 6.07) is 30.3. The normalized spacial score (nSPS) is 15.9. The van der Waals surface area contributed by atoms with Gasteiger partial charge in [0.25, 0.3) is 0 Å². The van der Waals surface area contributed by atoms with Gasteiger partial charge >= 0.3 is 6.07 Å². The minimum Gasteiger partial charge on any atom is -0.498 e. The fourth-order valence-corrected chi connectivity index (χ4v) is 4.68. The molecule has 2 saturated carbocycles. The van der Waals surface area contributed by atoms with Crippen molar-refractivity contribution in [2.24, 2.45) is 27.1 Å². The van der Waals surface area contributed by atoms with Gasteiger partial charge in [0.05, 0.1) is 0 Å². The van der Waals surface area contributed by atoms with E-state index < -0.39 is 0 Å². The highest BCUT2D eigenvalue weighted by molar-refractivity contribution is 6.69. The lowest BCUT2D eigenvalue weighted by Crippen LogP contribution is -2.51. The van der Waals surface area contributed by atoms with E-state index in [4.69, 9.17) is 33.3 Å². The Bertz CT molecular complexity index is 1360. The molecule has 3 aromatic carbocycles. The van der Waals surface area contributed by atoms with Gasteiger partial charge in [0.1, 0.15) is 5.56 Å². The molecular weight excluding hydrogens is 566 g/mol. The largest absolute Gasteiger partial charge is 0.498 e. The molecule has 0 atom stereocenters. The first kappa shape index (κ1) is 34.6. The van der Waals surface area contributed by atoms with E-state index in [1.54, 1.807) is 29.3 Å². The highest BCUT2D eigenvalue weighted by atomic mass is 35.5. The Morgan fingerprint density at radius 2 is 1.47 bits per heavy atom. The van der Waals surface area contributed by atoms with E-state index in [1.165, 1.54) is 18.6 Å². The monoisotopic (exact) mass is 605 g/mol. The highest BCUT2D eigenvalue weighted by Crippen LogP contribution is 2.39. The number of nitrogens with zero attached hydrogens (tertiary/aromatic N) is 5. The van der Waals surface area contributed by atoms with Crippen LogP contribution in [0.4, 0.5) is 0 Å². The van der Waals surface area contributed by atoms with E-state index in [9.17, 15) is 5.21 Å². The van der Waals surface area contributed by atoms with E-state index in [0.717, 1.165) is 49.9 Å². The summed E-state index contributed by atoms with van der Waals surface area (Å²) in [4.78, 5) is 5.57. The minimum absolute atomic E-state index is 0. The summed E-state index contributed by atoms with van der Waals surface area (Å²) >= 11 is 5.49. The van der Waals surface area contributed by atoms with Crippen molar-refractivity contribution in [3.8, 4) is 6.07 Å². The lowest BCUT2D eigenvalue weighted by molar-refractivity contribution is -0.0936. The predicted molar refractivity (Wildman–Crippen MR) is 175 cm³/mol. The summed E-state index contributed by atoms with van der Waals surface area (Å²) in [6.07, 6.45) is 9.09. The standard InChI is InChI=1S/C12H15N3O.C7H6ClNO.C7H5NO.C5H10N2.CH4/c13-15-11(10-6-2-1-3-7-10)14-16-12(15)8-4-5-9-12;8-7(9-10)6-4-2-1-3-5-6;9-8-6-7-4-2-1-3-5-7;6-7-5-3-1-2-4-5;/h1-3,6-7H,4-5,8-9,13H2;1-5,10H;1-5H;1-4,6H2;1H4/b;9-7+;;;. The molecule has 2 aliphatic carbocycles. The molecule has 10 nitrogen and oxygen atoms in total. The molecule has 2 fully saturated rings. The van der Waals surface area contributed by atoms with Gasteiger partial charge in [-0.3, -0.25) is 0 Å². The van der Waals surface area contributed by atoms with Gasteiger partial charge in [-0.2, -0.15) is 5.10 Å². The number of hydrazone groups is 1. The smallest absolute Gasteiger partial charge is 0.336 e. The number of benzene rings is 3. The van der Waals surface area contributed by atoms with Crippen molar-refractivity contribution < 1.29 is 10.0 Å². The summed E-state index contributed by atoms with van der Waals surface area (Å²) in [5.74, 6) is 11.9. The van der Waals surface area contributed by atoms with Gasteiger partial charge in [-0.15, -0.1) is 0 Å². The highest BCUT2D eigenvalue weighted by Gasteiger charge is 2.47. The third-order valence-corrected chi connectivity index (χ3v) is 7.09. The van der Waals surface area contributed by atoms with Crippen LogP contribution in [-0.4, -0.2) is 32.7 Å². The maximum atomic E-state index is 9.61. The van der Waals surface area contributed by atoms with Crippen LogP contribution in [0.25, 0.3) is 5.01 Å². The van der Waals surface area contributed by atoms with Crippen LogP contribution < -0.4 is 11.7 Å². The van der Waals surface area contributed by atoms with Crippen LogP contribution in [0.1, 0.15) is 75.5 Å². The molecule has 0 radical (unpaired) electrons. The molecule has 0 bridgehead atoms. The first-order valence-electron chi connectivity index (χ1n) is 13.7. The number of rotatable bonds is 2. The van der Waals surface area contributed by atoms with Crippen molar-refractivity contribution in [3.63, 3.8) is 0 Å². The van der Waals surface area contributed by atoms with E-state index in [1.807, 2.05) is 66.7 Å². The lowest BCUT2D eigenvalue weighted by atomic mass is 10.1. The number of nitrogens with two attached hydrogens (primary N) is 2. The van der Waals surface area contributed by atoms with Crippen molar-refractivity contribution in [1.29, 1.82) is 0 Å². The number of amidine groups is 1. The Balaban J connectivity index is 0.000000210. The molecule has 3 aliphatic rings. The zero-order valence-electron chi connectivity index (χ0n) is 23.3. The van der Waals surface area contributed by atoms with E-state index in [2.05, 4.69) is 26.5 Å². The van der Waals surface area contributed by atoms with Crippen LogP contribution in [0.2, 0.25) is 0 Å². The zero-order chi connectivity index (χ0) is 30.0. The molecule has 0 amide bonds. The maximum absolute atomic E-state index is 9.61. The Kier molecular flexibility index (Phi) is 15.1. The quantitative estimate of drug-likeness (QED) is 0.121. The molecule has 0 saturated heterocycles. The van der Waals surface area contributed by atoms with Crippen molar-refractivity contribution >= 4 is 28.3 Å². The van der Waals surface area contributed by atoms with Gasteiger partial charge < -0.3 is 21.1 Å². The molecule has 0 unspecified atom stereocenters. The van der Waals surface area contributed by atoms with Crippen LogP contribution in [0.5, 0.6) is 0 Å². The van der Waals surface area contributed by atoms with E-state index in [-0.39, 0.29) is 18.3 Å². The molecule has 228 valence electrons. The fraction of sp³-hybridized carbons (Fsp3) is 0.312. The van der Waals surface area contributed by atoms with Gasteiger partial charge in [-0.05, 0) is 50.7 Å². The molecule has 1 spiro atoms. The molecule has 5 N–H and O–H groups in total. The number of hydrazine groups is 1. The summed E-state index contributed by atoms with van der Waals surface area (Å²) in [5, 5.41) is 32.8. The number of oxime groups is 2. The Hall–Kier alpha value is -4.59. The van der Waals surface area contributed by atoms with Crippen LogP contribution in [-0.2, 0) is 4.84 Å². The first-order chi connectivity index (χ1) is 20.5. The van der Waals surface area contributed by atoms with Gasteiger partial charge in [-0.25, -0.2) is 10.9 Å². The van der Waals surface area contributed by atoms with Crippen molar-refractivity contribution in [1.82, 2.24) is 5.01 Å². The average Bonchev–Trinajstić information content (AvgIpc) is 3.83. The second-order valence-corrected chi connectivity index (χ2v) is 9.98. The zero-order valence-corrected chi connectivity index (χ0v) is 24.1. The predicted octanol–water partition coefficient (Wildman–Crippen LogP) is 7.26. The first-order valence-corrected chi connectivity index (χ1v) is 14.1. The second kappa shape index (κ2) is 18.8. The summed E-state index contributed by atoms with van der Waals surface area (Å²) in [5.41, 5.74) is 3.26. The topological polar surface area (TPSA) is 149 Å². The third kappa shape index (κ3) is 10.6. The third-order valence-electron chi connectivity index (χ3n) is 6.80. The van der Waals surface area contributed by atoms with Crippen LogP contribution in [0.15, 0.2) is 106 Å². The molecule has 6 rings (SSSR count). The fourth-order valence-electron chi connectivity index (χ4n) is 4.56. The number of hydrogen-bond donors (Lipinski definition) is 3. The van der Waals surface area contributed by atoms with Crippen molar-refractivity contribution in [3.05, 3.63) is 118 Å². The molecule has 11 heteroatoms. The average molecular weight is 606 g/mol. The molecule has 0 aromatic heterocycles. The van der Waals surface area contributed by atoms with Crippen LogP contribution in [0, 0.1) is 11.3 Å². The lowest BCUT2D eigenvalue weighted by Gasteiger charge is -2.29. The van der Waals surface area contributed by atoms with E-state index >= 15 is 0 Å². The molecule has 1 aliphatic heterocycles. The minimum atomic E-state index is -0.370. The van der Waals surface area contributed by atoms with E-state index in [0.29, 0.717) is 11.1 Å². The van der Waals surface area contributed by atoms with Crippen molar-refractivity contribution in [2.45, 2.75) is 64.5 Å². The molecule has 1 heterocycles. The molecule has 3 aromatic rings. The van der Waals surface area contributed by atoms with Crippen LogP contribution >= 0.6 is 11.6 Å². The SMILES string of the molecule is C.NN1C(c2ccccc2)=NOC12CCCC2.NN=C1CCCC1.O/N=C(/Cl)c1ccccc1.[O-][N+]#Cc1ccccc1. The molecular formula is C32H40ClN7O3. The molecule has 43 heavy (non-hydrogen) atoms. The van der Waals surface area contributed by atoms with Gasteiger partial charge in [0.2, 0.25) is 5.72 Å². The van der Waals surface area contributed by atoms with Crippen LogP contribution in [0.3, 0.4) is 0 Å². The van der Waals surface area contributed by atoms with Gasteiger partial charge in [0.15, 0.2) is 11.0 Å². The maximum Gasteiger partial charge on any atom is 0.336 e. The van der Waals surface area contributed by atoms with Crippen molar-refractivity contribution in [2.75, 3.05) is 0 Å². The summed E-state index contributed by atoms with van der Waals surface area (Å²) in [6.45, 7) is 0. The van der Waals surface area contributed by atoms with Gasteiger partial charge in [-0.1, -0.05) is 108 Å². The Morgan fingerprint density at radius 1 is 0.930 bits per heavy atom. The Morgan fingerprint density at radius 3 is 1.95 bits per heavy atom. The second-order valence-electron chi connectivity index (χ2n) is 9.62. The number of halogens is 1. The number of hydrogen-bond acceptors (Lipinski definition) is 9. The summed E-state index contributed by atoms with van der Waals surface area (Å²) in [7, 11) is 0. The Labute approximate surface area is 258 Å². The summed E-state index contributed by atoms with van der Waals surface area (Å²) < 4.78 is 0.